The van der Waals surface area contributed by atoms with Gasteiger partial charge in [0.2, 0.25) is 0 Å². The highest BCUT2D eigenvalue weighted by molar-refractivity contribution is 7.92. The molecule has 0 bridgehead atoms. The first-order valence-corrected chi connectivity index (χ1v) is 10.6. The molecule has 1 N–H and O–H groups in total. The average molecular weight is 407 g/mol. The smallest absolute Gasteiger partial charge is 0.332 e. The van der Waals surface area contributed by atoms with E-state index in [2.05, 4.69) is 19.8 Å². The van der Waals surface area contributed by atoms with Gasteiger partial charge in [0.1, 0.15) is 0 Å². The molecule has 12 heteroatoms. The minimum absolute atomic E-state index is 0.0415. The highest BCUT2D eigenvalue weighted by Gasteiger charge is 2.26. The zero-order chi connectivity index (χ0) is 19.4. The van der Waals surface area contributed by atoms with Crippen molar-refractivity contribution in [1.82, 2.24) is 19.6 Å². The van der Waals surface area contributed by atoms with E-state index in [4.69, 9.17) is 4.18 Å². The van der Waals surface area contributed by atoms with E-state index in [1.165, 1.54) is 16.7 Å². The van der Waals surface area contributed by atoms with Crippen molar-refractivity contribution in [3.8, 4) is 5.75 Å². The predicted octanol–water partition coefficient (Wildman–Crippen LogP) is 1.23. The van der Waals surface area contributed by atoms with Crippen LogP contribution >= 0.6 is 0 Å². The quantitative estimate of drug-likeness (QED) is 0.641. The van der Waals surface area contributed by atoms with Gasteiger partial charge in [-0.1, -0.05) is 12.1 Å². The lowest BCUT2D eigenvalue weighted by Crippen LogP contribution is -2.17. The summed E-state index contributed by atoms with van der Waals surface area (Å²) >= 11 is 0. The third-order valence-electron chi connectivity index (χ3n) is 3.74. The molecule has 0 unspecified atom stereocenters. The highest BCUT2D eigenvalue weighted by atomic mass is 32.2. The zero-order valence-electron chi connectivity index (χ0n) is 14.1. The van der Waals surface area contributed by atoms with Gasteiger partial charge in [0, 0.05) is 17.0 Å². The molecule has 140 valence electrons. The first kappa shape index (κ1) is 17.4. The van der Waals surface area contributed by atoms with E-state index in [0.29, 0.717) is 17.0 Å². The SMILES string of the molecule is Cc1cc(C)n2nc(S(=O)(=O)Nc3cccc4c3OS(=O)(=O)C=C4)nc2n1. The molecule has 1 aliphatic rings. The normalized spacial score (nSPS) is 15.3. The Labute approximate surface area is 154 Å². The van der Waals surface area contributed by atoms with Gasteiger partial charge >= 0.3 is 10.1 Å². The summed E-state index contributed by atoms with van der Waals surface area (Å²) in [7, 11) is -8.14. The lowest BCUT2D eigenvalue weighted by molar-refractivity contribution is 0.495. The van der Waals surface area contributed by atoms with Crippen molar-refractivity contribution in [2.45, 2.75) is 19.0 Å². The maximum absolute atomic E-state index is 12.7. The summed E-state index contributed by atoms with van der Waals surface area (Å²) in [6, 6.07) is 6.28. The second-order valence-electron chi connectivity index (χ2n) is 5.85. The van der Waals surface area contributed by atoms with E-state index in [0.717, 1.165) is 5.41 Å². The highest BCUT2D eigenvalue weighted by Crippen LogP contribution is 2.35. The Balaban J connectivity index is 1.78. The number of rotatable bonds is 3. The monoisotopic (exact) mass is 407 g/mol. The van der Waals surface area contributed by atoms with Crippen LogP contribution in [0.5, 0.6) is 5.75 Å². The first-order chi connectivity index (χ1) is 12.6. The van der Waals surface area contributed by atoms with Crippen molar-refractivity contribution in [1.29, 1.82) is 0 Å². The van der Waals surface area contributed by atoms with Crippen molar-refractivity contribution >= 4 is 37.7 Å². The van der Waals surface area contributed by atoms with Crippen molar-refractivity contribution in [2.24, 2.45) is 0 Å². The lowest BCUT2D eigenvalue weighted by Gasteiger charge is -2.16. The van der Waals surface area contributed by atoms with Crippen LogP contribution in [0.15, 0.2) is 34.8 Å². The van der Waals surface area contributed by atoms with Crippen LogP contribution in [0.2, 0.25) is 0 Å². The van der Waals surface area contributed by atoms with Crippen molar-refractivity contribution in [3.63, 3.8) is 0 Å². The topological polar surface area (TPSA) is 133 Å². The summed E-state index contributed by atoms with van der Waals surface area (Å²) in [4.78, 5) is 8.11. The summed E-state index contributed by atoms with van der Waals surface area (Å²) < 4.78 is 57.3. The third kappa shape index (κ3) is 3.13. The lowest BCUT2D eigenvalue weighted by atomic mass is 10.2. The molecule has 1 aromatic carbocycles. The Morgan fingerprint density at radius 3 is 2.74 bits per heavy atom. The molecule has 0 atom stereocenters. The van der Waals surface area contributed by atoms with Crippen LogP contribution < -0.4 is 8.91 Å². The number of aryl methyl sites for hydroxylation is 2. The molecule has 4 rings (SSSR count). The second-order valence-corrected chi connectivity index (χ2v) is 8.85. The summed E-state index contributed by atoms with van der Waals surface area (Å²) in [5.41, 5.74) is 1.72. The summed E-state index contributed by atoms with van der Waals surface area (Å²) in [6.45, 7) is 3.51. The van der Waals surface area contributed by atoms with Crippen LogP contribution in [0.3, 0.4) is 0 Å². The van der Waals surface area contributed by atoms with Gasteiger partial charge in [-0.2, -0.15) is 21.8 Å². The first-order valence-electron chi connectivity index (χ1n) is 7.64. The number of hydrogen-bond donors (Lipinski definition) is 1. The van der Waals surface area contributed by atoms with Crippen molar-refractivity contribution in [2.75, 3.05) is 4.72 Å². The summed E-state index contributed by atoms with van der Waals surface area (Å²) in [5, 5.41) is 4.39. The Kier molecular flexibility index (Phi) is 3.71. The largest absolute Gasteiger partial charge is 0.376 e. The molecule has 0 fully saturated rings. The maximum Gasteiger partial charge on any atom is 0.332 e. The molecule has 3 heterocycles. The minimum Gasteiger partial charge on any atom is -0.376 e. The number of nitrogens with zero attached hydrogens (tertiary/aromatic N) is 4. The van der Waals surface area contributed by atoms with Crippen LogP contribution in [-0.2, 0) is 20.1 Å². The fraction of sp³-hybridized carbons (Fsp3) is 0.133. The molecule has 0 aliphatic carbocycles. The average Bonchev–Trinajstić information content (AvgIpc) is 3.00. The molecule has 27 heavy (non-hydrogen) atoms. The van der Waals surface area contributed by atoms with E-state index >= 15 is 0 Å². The molecule has 0 radical (unpaired) electrons. The molecule has 0 amide bonds. The Morgan fingerprint density at radius 1 is 1.19 bits per heavy atom. The van der Waals surface area contributed by atoms with Crippen molar-refractivity contribution < 1.29 is 21.0 Å². The standard InChI is InChI=1S/C15H13N5O5S2/c1-9-8-10(2)20-14(16-9)17-15(18-20)27(23,24)19-12-5-3-4-11-6-7-26(21,22)25-13(11)12/h3-8,19H,1-2H3. The maximum atomic E-state index is 12.7. The number of nitrogens with one attached hydrogen (secondary N) is 1. The van der Waals surface area contributed by atoms with Gasteiger partial charge in [-0.15, -0.1) is 5.10 Å². The molecule has 10 nitrogen and oxygen atoms in total. The number of benzene rings is 1. The van der Waals surface area contributed by atoms with E-state index in [1.807, 2.05) is 0 Å². The Bertz CT molecular complexity index is 1330. The molecule has 0 saturated heterocycles. The number of aromatic nitrogens is 4. The molecule has 0 saturated carbocycles. The van der Waals surface area contributed by atoms with Crippen LogP contribution in [-0.4, -0.2) is 36.4 Å². The summed E-state index contributed by atoms with van der Waals surface area (Å²) in [6.07, 6.45) is 1.32. The molecular weight excluding hydrogens is 394 g/mol. The third-order valence-corrected chi connectivity index (χ3v) is 5.75. The number of anilines is 1. The van der Waals surface area contributed by atoms with Gasteiger partial charge in [-0.3, -0.25) is 4.72 Å². The molecule has 0 spiro atoms. The molecular formula is C15H13N5O5S2. The van der Waals surface area contributed by atoms with Gasteiger partial charge in [0.25, 0.3) is 21.0 Å². The van der Waals surface area contributed by atoms with Crippen LogP contribution in [0.1, 0.15) is 17.0 Å². The van der Waals surface area contributed by atoms with Gasteiger partial charge < -0.3 is 4.18 Å². The number of sulfonamides is 1. The zero-order valence-corrected chi connectivity index (χ0v) is 15.7. The predicted molar refractivity (Wildman–Crippen MR) is 96.1 cm³/mol. The van der Waals surface area contributed by atoms with Gasteiger partial charge in [-0.25, -0.2) is 9.50 Å². The second kappa shape index (κ2) is 5.76. The van der Waals surface area contributed by atoms with Gasteiger partial charge in [0.15, 0.2) is 5.75 Å². The number of para-hydroxylation sites is 1. The van der Waals surface area contributed by atoms with Crippen LogP contribution in [0.25, 0.3) is 11.9 Å². The number of fused-ring (bicyclic) bond motifs is 2. The van der Waals surface area contributed by atoms with Crippen LogP contribution in [0.4, 0.5) is 5.69 Å². The van der Waals surface area contributed by atoms with Gasteiger partial charge in [-0.05, 0) is 32.1 Å². The minimum atomic E-state index is -4.21. The fourth-order valence-electron chi connectivity index (χ4n) is 2.61. The molecule has 2 aromatic heterocycles. The fourth-order valence-corrected chi connectivity index (χ4v) is 4.33. The van der Waals surface area contributed by atoms with Crippen molar-refractivity contribution in [3.05, 3.63) is 46.6 Å². The van der Waals surface area contributed by atoms with E-state index in [1.54, 1.807) is 32.0 Å². The van der Waals surface area contributed by atoms with Crippen LogP contribution in [0, 0.1) is 13.8 Å². The van der Waals surface area contributed by atoms with Gasteiger partial charge in [0.05, 0.1) is 11.1 Å². The summed E-state index contributed by atoms with van der Waals surface area (Å²) in [5.74, 6) is 0.0298. The number of hydrogen-bond acceptors (Lipinski definition) is 8. The van der Waals surface area contributed by atoms with E-state index < -0.39 is 25.3 Å². The van der Waals surface area contributed by atoms with E-state index in [9.17, 15) is 16.8 Å². The van der Waals surface area contributed by atoms with E-state index in [-0.39, 0.29) is 17.2 Å². The Morgan fingerprint density at radius 2 is 1.96 bits per heavy atom. The Hall–Kier alpha value is -2.99. The molecule has 3 aromatic rings. The molecule has 1 aliphatic heterocycles.